The summed E-state index contributed by atoms with van der Waals surface area (Å²) in [6.45, 7) is 0.802. The van der Waals surface area contributed by atoms with E-state index in [-0.39, 0.29) is 6.04 Å². The molecule has 92 valence electrons. The third-order valence-corrected chi connectivity index (χ3v) is 3.28. The standard InChI is InChI=1S/C13H15Cl2NO/c1-16-13(9-3-2-4-17-8-9)10-5-11(14)7-12(15)6-10/h5-8,13,16H,2-4H2,1H3. The van der Waals surface area contributed by atoms with Gasteiger partial charge in [0.25, 0.3) is 0 Å². The van der Waals surface area contributed by atoms with E-state index in [9.17, 15) is 0 Å². The van der Waals surface area contributed by atoms with Crippen LogP contribution in [0.2, 0.25) is 10.0 Å². The van der Waals surface area contributed by atoms with Gasteiger partial charge in [-0.05, 0) is 49.2 Å². The molecule has 0 fully saturated rings. The zero-order valence-electron chi connectivity index (χ0n) is 9.67. The predicted molar refractivity (Wildman–Crippen MR) is 71.5 cm³/mol. The summed E-state index contributed by atoms with van der Waals surface area (Å²) in [5, 5.41) is 4.59. The maximum Gasteiger partial charge on any atom is 0.0876 e. The molecule has 1 aromatic rings. The van der Waals surface area contributed by atoms with Crippen LogP contribution >= 0.6 is 23.2 Å². The first-order valence-corrected chi connectivity index (χ1v) is 6.40. The van der Waals surface area contributed by atoms with Gasteiger partial charge in [0.05, 0.1) is 18.9 Å². The van der Waals surface area contributed by atoms with Crippen molar-refractivity contribution in [2.24, 2.45) is 0 Å². The van der Waals surface area contributed by atoms with Gasteiger partial charge >= 0.3 is 0 Å². The minimum atomic E-state index is 0.117. The second kappa shape index (κ2) is 5.76. The normalized spacial score (nSPS) is 17.2. The summed E-state index contributed by atoms with van der Waals surface area (Å²) in [4.78, 5) is 0. The molecule has 0 spiro atoms. The molecule has 1 aliphatic heterocycles. The van der Waals surface area contributed by atoms with Crippen LogP contribution in [0.3, 0.4) is 0 Å². The van der Waals surface area contributed by atoms with Crippen molar-refractivity contribution in [2.45, 2.75) is 18.9 Å². The second-order valence-corrected chi connectivity index (χ2v) is 4.96. The van der Waals surface area contributed by atoms with E-state index in [1.807, 2.05) is 25.4 Å². The molecule has 1 aromatic carbocycles. The Balaban J connectivity index is 2.31. The molecular formula is C13H15Cl2NO. The van der Waals surface area contributed by atoms with Gasteiger partial charge in [-0.3, -0.25) is 0 Å². The van der Waals surface area contributed by atoms with Crippen LogP contribution in [0.5, 0.6) is 0 Å². The van der Waals surface area contributed by atoms with E-state index in [1.54, 1.807) is 6.07 Å². The molecule has 2 rings (SSSR count). The molecule has 0 radical (unpaired) electrons. The molecule has 0 aliphatic carbocycles. The van der Waals surface area contributed by atoms with E-state index in [2.05, 4.69) is 5.32 Å². The van der Waals surface area contributed by atoms with Crippen molar-refractivity contribution >= 4 is 23.2 Å². The summed E-state index contributed by atoms with van der Waals surface area (Å²) in [5.74, 6) is 0. The highest BCUT2D eigenvalue weighted by Gasteiger charge is 2.18. The van der Waals surface area contributed by atoms with Crippen LogP contribution < -0.4 is 5.32 Å². The first-order valence-electron chi connectivity index (χ1n) is 5.64. The monoisotopic (exact) mass is 271 g/mol. The third-order valence-electron chi connectivity index (χ3n) is 2.84. The largest absolute Gasteiger partial charge is 0.501 e. The van der Waals surface area contributed by atoms with Gasteiger partial charge in [-0.25, -0.2) is 0 Å². The van der Waals surface area contributed by atoms with Gasteiger partial charge in [0, 0.05) is 10.0 Å². The number of hydrogen-bond acceptors (Lipinski definition) is 2. The van der Waals surface area contributed by atoms with Gasteiger partial charge in [0.2, 0.25) is 0 Å². The lowest BCUT2D eigenvalue weighted by Gasteiger charge is -2.23. The van der Waals surface area contributed by atoms with Gasteiger partial charge in [0.1, 0.15) is 0 Å². The molecule has 4 heteroatoms. The van der Waals surface area contributed by atoms with Crippen molar-refractivity contribution in [2.75, 3.05) is 13.7 Å². The lowest BCUT2D eigenvalue weighted by atomic mass is 9.95. The van der Waals surface area contributed by atoms with E-state index in [0.29, 0.717) is 10.0 Å². The quantitative estimate of drug-likeness (QED) is 0.899. The zero-order valence-corrected chi connectivity index (χ0v) is 11.2. The minimum absolute atomic E-state index is 0.117. The average molecular weight is 272 g/mol. The molecule has 1 heterocycles. The minimum Gasteiger partial charge on any atom is -0.501 e. The summed E-state index contributed by atoms with van der Waals surface area (Å²) in [7, 11) is 1.93. The number of halogens is 2. The highest BCUT2D eigenvalue weighted by Crippen LogP contribution is 2.30. The Morgan fingerprint density at radius 3 is 2.47 bits per heavy atom. The number of likely N-dealkylation sites (N-methyl/N-ethyl adjacent to an activating group) is 1. The fraction of sp³-hybridized carbons (Fsp3) is 0.385. The Bertz CT molecular complexity index is 411. The molecule has 0 saturated carbocycles. The maximum absolute atomic E-state index is 6.03. The van der Waals surface area contributed by atoms with Crippen molar-refractivity contribution in [1.29, 1.82) is 0 Å². The van der Waals surface area contributed by atoms with E-state index in [1.165, 1.54) is 5.57 Å². The topological polar surface area (TPSA) is 21.3 Å². The highest BCUT2D eigenvalue weighted by atomic mass is 35.5. The van der Waals surface area contributed by atoms with Crippen molar-refractivity contribution < 1.29 is 4.74 Å². The molecule has 17 heavy (non-hydrogen) atoms. The highest BCUT2D eigenvalue weighted by molar-refractivity contribution is 6.34. The average Bonchev–Trinajstić information content (AvgIpc) is 2.30. The van der Waals surface area contributed by atoms with Crippen LogP contribution in [0.4, 0.5) is 0 Å². The summed E-state index contributed by atoms with van der Waals surface area (Å²) in [5.41, 5.74) is 2.30. The summed E-state index contributed by atoms with van der Waals surface area (Å²) >= 11 is 12.1. The molecule has 1 N–H and O–H groups in total. The Morgan fingerprint density at radius 2 is 1.94 bits per heavy atom. The van der Waals surface area contributed by atoms with E-state index in [0.717, 1.165) is 25.0 Å². The number of nitrogens with one attached hydrogen (secondary N) is 1. The molecule has 0 bridgehead atoms. The van der Waals surface area contributed by atoms with Crippen LogP contribution in [0.1, 0.15) is 24.4 Å². The van der Waals surface area contributed by atoms with Crippen LogP contribution in [0, 0.1) is 0 Å². The number of rotatable bonds is 3. The number of hydrogen-bond donors (Lipinski definition) is 1. The van der Waals surface area contributed by atoms with Crippen molar-refractivity contribution in [3.05, 3.63) is 45.6 Å². The van der Waals surface area contributed by atoms with Gasteiger partial charge in [-0.1, -0.05) is 23.2 Å². The second-order valence-electron chi connectivity index (χ2n) is 4.09. The van der Waals surface area contributed by atoms with Crippen molar-refractivity contribution in [1.82, 2.24) is 5.32 Å². The van der Waals surface area contributed by atoms with Crippen LogP contribution in [0.25, 0.3) is 0 Å². The number of ether oxygens (including phenoxy) is 1. The van der Waals surface area contributed by atoms with Crippen LogP contribution in [-0.4, -0.2) is 13.7 Å². The molecule has 0 aromatic heterocycles. The molecular weight excluding hydrogens is 257 g/mol. The third kappa shape index (κ3) is 3.15. The molecule has 0 amide bonds. The molecule has 0 saturated heterocycles. The van der Waals surface area contributed by atoms with Gasteiger partial charge < -0.3 is 10.1 Å². The summed E-state index contributed by atoms with van der Waals surface area (Å²) in [6.07, 6.45) is 3.94. The van der Waals surface area contributed by atoms with E-state index in [4.69, 9.17) is 27.9 Å². The Morgan fingerprint density at radius 1 is 1.24 bits per heavy atom. The smallest absolute Gasteiger partial charge is 0.0876 e. The van der Waals surface area contributed by atoms with Gasteiger partial charge in [-0.2, -0.15) is 0 Å². The summed E-state index contributed by atoms with van der Waals surface area (Å²) in [6, 6.07) is 5.73. The first-order chi connectivity index (χ1) is 8.20. The van der Waals surface area contributed by atoms with Gasteiger partial charge in [0.15, 0.2) is 0 Å². The van der Waals surface area contributed by atoms with E-state index < -0.39 is 0 Å². The summed E-state index contributed by atoms with van der Waals surface area (Å²) < 4.78 is 5.38. The van der Waals surface area contributed by atoms with Crippen LogP contribution in [0.15, 0.2) is 30.0 Å². The van der Waals surface area contributed by atoms with Crippen molar-refractivity contribution in [3.8, 4) is 0 Å². The van der Waals surface area contributed by atoms with Crippen molar-refractivity contribution in [3.63, 3.8) is 0 Å². The fourth-order valence-corrected chi connectivity index (χ4v) is 2.65. The predicted octanol–water partition coefficient (Wildman–Crippen LogP) is 3.95. The maximum atomic E-state index is 6.03. The van der Waals surface area contributed by atoms with Gasteiger partial charge in [-0.15, -0.1) is 0 Å². The molecule has 1 atom stereocenters. The molecule has 1 unspecified atom stereocenters. The SMILES string of the molecule is CNC(C1=COCCC1)c1cc(Cl)cc(Cl)c1. The Kier molecular flexibility index (Phi) is 4.32. The number of benzene rings is 1. The molecule has 2 nitrogen and oxygen atoms in total. The van der Waals surface area contributed by atoms with Crippen LogP contribution in [-0.2, 0) is 4.74 Å². The fourth-order valence-electron chi connectivity index (χ4n) is 2.10. The first kappa shape index (κ1) is 12.7. The Labute approximate surface area is 112 Å². The Hall–Kier alpha value is -0.700. The van der Waals surface area contributed by atoms with E-state index >= 15 is 0 Å². The molecule has 1 aliphatic rings. The lowest BCUT2D eigenvalue weighted by molar-refractivity contribution is 0.220. The lowest BCUT2D eigenvalue weighted by Crippen LogP contribution is -2.20. The zero-order chi connectivity index (χ0) is 12.3.